The molecule has 0 unspecified atom stereocenters. The first kappa shape index (κ1) is 12.0. The van der Waals surface area contributed by atoms with Crippen molar-refractivity contribution in [1.82, 2.24) is 0 Å². The molecular formula is C14H14BrNO. The lowest BCUT2D eigenvalue weighted by Crippen LogP contribution is -1.97. The van der Waals surface area contributed by atoms with Crippen LogP contribution in [0.1, 0.15) is 11.1 Å². The highest BCUT2D eigenvalue weighted by molar-refractivity contribution is 9.10. The molecule has 0 saturated heterocycles. The van der Waals surface area contributed by atoms with Crippen LogP contribution in [0.2, 0.25) is 0 Å². The lowest BCUT2D eigenvalue weighted by molar-refractivity contribution is 0.306. The second-order valence-corrected chi connectivity index (χ2v) is 4.82. The zero-order valence-corrected chi connectivity index (χ0v) is 11.2. The van der Waals surface area contributed by atoms with Crippen molar-refractivity contribution in [2.24, 2.45) is 0 Å². The lowest BCUT2D eigenvalue weighted by atomic mass is 10.2. The predicted octanol–water partition coefficient (Wildman–Crippen LogP) is 3.92. The summed E-state index contributed by atoms with van der Waals surface area (Å²) in [4.78, 5) is 0. The summed E-state index contributed by atoms with van der Waals surface area (Å²) in [6, 6.07) is 13.9. The number of rotatable bonds is 3. The van der Waals surface area contributed by atoms with Crippen LogP contribution in [-0.4, -0.2) is 0 Å². The second kappa shape index (κ2) is 5.23. The molecule has 0 aliphatic carbocycles. The second-order valence-electron chi connectivity index (χ2n) is 3.96. The lowest BCUT2D eigenvalue weighted by Gasteiger charge is -2.08. The largest absolute Gasteiger partial charge is 0.489 e. The van der Waals surface area contributed by atoms with Crippen molar-refractivity contribution in [3.05, 3.63) is 58.1 Å². The van der Waals surface area contributed by atoms with Crippen molar-refractivity contribution in [2.45, 2.75) is 13.5 Å². The van der Waals surface area contributed by atoms with Crippen molar-refractivity contribution in [2.75, 3.05) is 5.73 Å². The molecular weight excluding hydrogens is 278 g/mol. The number of ether oxygens (including phenoxy) is 1. The van der Waals surface area contributed by atoms with Crippen LogP contribution < -0.4 is 10.5 Å². The molecule has 0 aromatic heterocycles. The summed E-state index contributed by atoms with van der Waals surface area (Å²) in [6.45, 7) is 2.57. The Morgan fingerprint density at radius 1 is 1.18 bits per heavy atom. The first-order valence-corrected chi connectivity index (χ1v) is 6.18. The van der Waals surface area contributed by atoms with Crippen molar-refractivity contribution in [3.63, 3.8) is 0 Å². The van der Waals surface area contributed by atoms with Gasteiger partial charge in [-0.2, -0.15) is 0 Å². The molecule has 2 nitrogen and oxygen atoms in total. The summed E-state index contributed by atoms with van der Waals surface area (Å²) in [5.74, 6) is 0.881. The van der Waals surface area contributed by atoms with E-state index in [1.165, 1.54) is 5.56 Å². The molecule has 0 aliphatic heterocycles. The molecule has 0 atom stereocenters. The summed E-state index contributed by atoms with van der Waals surface area (Å²) in [6.07, 6.45) is 0. The Hall–Kier alpha value is -1.48. The number of anilines is 1. The first-order chi connectivity index (χ1) is 8.15. The monoisotopic (exact) mass is 291 g/mol. The summed E-state index contributed by atoms with van der Waals surface area (Å²) in [5, 5.41) is 0. The molecule has 88 valence electrons. The summed E-state index contributed by atoms with van der Waals surface area (Å²) in [5.41, 5.74) is 8.80. The van der Waals surface area contributed by atoms with Gasteiger partial charge in [-0.05, 0) is 58.2 Å². The number of hydrogen-bond acceptors (Lipinski definition) is 2. The molecule has 2 rings (SSSR count). The van der Waals surface area contributed by atoms with Gasteiger partial charge in [0.05, 0.1) is 0 Å². The van der Waals surface area contributed by atoms with E-state index in [1.807, 2.05) is 49.4 Å². The maximum Gasteiger partial charge on any atom is 0.120 e. The van der Waals surface area contributed by atoms with Crippen molar-refractivity contribution in [3.8, 4) is 5.75 Å². The van der Waals surface area contributed by atoms with E-state index in [-0.39, 0.29) is 0 Å². The smallest absolute Gasteiger partial charge is 0.120 e. The van der Waals surface area contributed by atoms with Gasteiger partial charge in [-0.15, -0.1) is 0 Å². The van der Waals surface area contributed by atoms with Gasteiger partial charge < -0.3 is 10.5 Å². The summed E-state index contributed by atoms with van der Waals surface area (Å²) >= 11 is 3.37. The Bertz CT molecular complexity index is 525. The fourth-order valence-corrected chi connectivity index (χ4v) is 1.80. The molecule has 2 N–H and O–H groups in total. The van der Waals surface area contributed by atoms with Gasteiger partial charge in [0.15, 0.2) is 0 Å². The maximum absolute atomic E-state index is 5.81. The van der Waals surface area contributed by atoms with Crippen LogP contribution in [0.5, 0.6) is 5.75 Å². The molecule has 17 heavy (non-hydrogen) atoms. The average molecular weight is 292 g/mol. The highest BCUT2D eigenvalue weighted by atomic mass is 79.9. The van der Waals surface area contributed by atoms with Gasteiger partial charge >= 0.3 is 0 Å². The molecule has 0 saturated carbocycles. The fourth-order valence-electron chi connectivity index (χ4n) is 1.55. The Kier molecular flexibility index (Phi) is 3.69. The molecule has 3 heteroatoms. The minimum atomic E-state index is 0.529. The van der Waals surface area contributed by atoms with Crippen LogP contribution in [0.15, 0.2) is 46.9 Å². The van der Waals surface area contributed by atoms with Gasteiger partial charge in [-0.3, -0.25) is 0 Å². The Labute approximate surface area is 110 Å². The predicted molar refractivity (Wildman–Crippen MR) is 74.1 cm³/mol. The molecule has 2 aromatic carbocycles. The molecule has 2 aromatic rings. The highest BCUT2D eigenvalue weighted by Crippen LogP contribution is 2.21. The number of halogens is 1. The van der Waals surface area contributed by atoms with E-state index in [9.17, 15) is 0 Å². The van der Waals surface area contributed by atoms with E-state index in [0.717, 1.165) is 21.5 Å². The minimum absolute atomic E-state index is 0.529. The third-order valence-electron chi connectivity index (χ3n) is 2.46. The highest BCUT2D eigenvalue weighted by Gasteiger charge is 1.99. The zero-order chi connectivity index (χ0) is 12.3. The van der Waals surface area contributed by atoms with Crippen LogP contribution in [0.3, 0.4) is 0 Å². The van der Waals surface area contributed by atoms with E-state index < -0.39 is 0 Å². The van der Waals surface area contributed by atoms with Gasteiger partial charge in [0, 0.05) is 10.2 Å². The van der Waals surface area contributed by atoms with Gasteiger partial charge in [-0.1, -0.05) is 18.2 Å². The number of benzene rings is 2. The molecule has 0 fully saturated rings. The average Bonchev–Trinajstić information content (AvgIpc) is 2.31. The van der Waals surface area contributed by atoms with Crippen LogP contribution in [0.4, 0.5) is 5.69 Å². The first-order valence-electron chi connectivity index (χ1n) is 5.38. The Morgan fingerprint density at radius 2 is 2.00 bits per heavy atom. The van der Waals surface area contributed by atoms with Crippen molar-refractivity contribution in [1.29, 1.82) is 0 Å². The SMILES string of the molecule is Cc1cccc(OCc2ccc(Br)c(N)c2)c1. The van der Waals surface area contributed by atoms with E-state index in [1.54, 1.807) is 0 Å². The maximum atomic E-state index is 5.81. The van der Waals surface area contributed by atoms with E-state index >= 15 is 0 Å². The summed E-state index contributed by atoms with van der Waals surface area (Å²) < 4.78 is 6.61. The minimum Gasteiger partial charge on any atom is -0.489 e. The van der Waals surface area contributed by atoms with Crippen LogP contribution >= 0.6 is 15.9 Å². The van der Waals surface area contributed by atoms with Crippen LogP contribution in [0.25, 0.3) is 0 Å². The van der Waals surface area contributed by atoms with E-state index in [4.69, 9.17) is 10.5 Å². The van der Waals surface area contributed by atoms with Gasteiger partial charge in [0.1, 0.15) is 12.4 Å². The van der Waals surface area contributed by atoms with Crippen LogP contribution in [0, 0.1) is 6.92 Å². The molecule has 0 aliphatic rings. The normalized spacial score (nSPS) is 10.2. The molecule has 0 radical (unpaired) electrons. The topological polar surface area (TPSA) is 35.2 Å². The molecule has 0 amide bonds. The number of nitrogens with two attached hydrogens (primary N) is 1. The third kappa shape index (κ3) is 3.24. The van der Waals surface area contributed by atoms with Gasteiger partial charge in [0.2, 0.25) is 0 Å². The van der Waals surface area contributed by atoms with Crippen molar-refractivity contribution >= 4 is 21.6 Å². The standard InChI is InChI=1S/C14H14BrNO/c1-10-3-2-4-12(7-10)17-9-11-5-6-13(15)14(16)8-11/h2-8H,9,16H2,1H3. The zero-order valence-electron chi connectivity index (χ0n) is 9.61. The van der Waals surface area contributed by atoms with E-state index in [2.05, 4.69) is 15.9 Å². The molecule has 0 heterocycles. The third-order valence-corrected chi connectivity index (χ3v) is 3.18. The number of hydrogen-bond donors (Lipinski definition) is 1. The molecule has 0 bridgehead atoms. The van der Waals surface area contributed by atoms with Gasteiger partial charge in [0.25, 0.3) is 0 Å². The quantitative estimate of drug-likeness (QED) is 0.870. The van der Waals surface area contributed by atoms with Crippen molar-refractivity contribution < 1.29 is 4.74 Å². The Balaban J connectivity index is 2.05. The fraction of sp³-hybridized carbons (Fsp3) is 0.143. The number of aryl methyl sites for hydroxylation is 1. The molecule has 0 spiro atoms. The number of nitrogen functional groups attached to an aromatic ring is 1. The summed E-state index contributed by atoms with van der Waals surface area (Å²) in [7, 11) is 0. The van der Waals surface area contributed by atoms with Gasteiger partial charge in [-0.25, -0.2) is 0 Å². The Morgan fingerprint density at radius 3 is 2.71 bits per heavy atom. The van der Waals surface area contributed by atoms with Crippen LogP contribution in [-0.2, 0) is 6.61 Å². The van der Waals surface area contributed by atoms with E-state index in [0.29, 0.717) is 6.61 Å².